The number of nitrogens with one attached hydrogen (secondary N) is 3. The largest absolute Gasteiger partial charge is 0.493 e. The molecule has 0 aliphatic carbocycles. The molecule has 0 aliphatic rings. The van der Waals surface area contributed by atoms with Gasteiger partial charge in [0.05, 0.1) is 14.2 Å². The van der Waals surface area contributed by atoms with E-state index in [2.05, 4.69) is 15.4 Å². The van der Waals surface area contributed by atoms with E-state index in [9.17, 15) is 18.4 Å². The average Bonchev–Trinajstić information content (AvgIpc) is 2.69. The van der Waals surface area contributed by atoms with Gasteiger partial charge in [-0.15, -0.1) is 0 Å². The van der Waals surface area contributed by atoms with E-state index in [1.165, 1.54) is 20.2 Å². The number of halogens is 2. The molecule has 9 heteroatoms. The lowest BCUT2D eigenvalue weighted by atomic mass is 10.0. The monoisotopic (exact) mass is 408 g/mol. The van der Waals surface area contributed by atoms with E-state index in [0.29, 0.717) is 6.54 Å². The van der Waals surface area contributed by atoms with E-state index < -0.39 is 24.6 Å². The summed E-state index contributed by atoms with van der Waals surface area (Å²) >= 11 is 0. The zero-order valence-corrected chi connectivity index (χ0v) is 16.4. The number of amides is 3. The minimum atomic E-state index is -2.96. The van der Waals surface area contributed by atoms with Crippen LogP contribution >= 0.6 is 0 Å². The highest BCUT2D eigenvalue weighted by Crippen LogP contribution is 2.29. The predicted octanol–water partition coefficient (Wildman–Crippen LogP) is 1.51. The van der Waals surface area contributed by atoms with Crippen LogP contribution in [0.1, 0.15) is 17.2 Å². The zero-order valence-electron chi connectivity index (χ0n) is 16.4. The van der Waals surface area contributed by atoms with Crippen LogP contribution in [0.3, 0.4) is 0 Å². The molecule has 0 heterocycles. The maximum atomic E-state index is 12.7. The van der Waals surface area contributed by atoms with E-state index in [-0.39, 0.29) is 11.5 Å². The van der Waals surface area contributed by atoms with Gasteiger partial charge in [0.15, 0.2) is 17.5 Å². The number of quaternary nitrogens is 1. The van der Waals surface area contributed by atoms with Crippen LogP contribution in [-0.4, -0.2) is 39.8 Å². The molecule has 2 aromatic carbocycles. The fourth-order valence-corrected chi connectivity index (χ4v) is 2.99. The molecule has 0 fully saturated rings. The Hall–Kier alpha value is -3.20. The van der Waals surface area contributed by atoms with Crippen LogP contribution in [0.2, 0.25) is 0 Å². The number of benzene rings is 2. The maximum Gasteiger partial charge on any atom is 0.387 e. The van der Waals surface area contributed by atoms with Gasteiger partial charge >= 0.3 is 12.6 Å². The van der Waals surface area contributed by atoms with Gasteiger partial charge in [-0.05, 0) is 18.2 Å². The van der Waals surface area contributed by atoms with Crippen LogP contribution in [-0.2, 0) is 11.3 Å². The van der Waals surface area contributed by atoms with Crippen LogP contribution in [0, 0.1) is 0 Å². The van der Waals surface area contributed by atoms with Crippen molar-refractivity contribution in [2.24, 2.45) is 0 Å². The van der Waals surface area contributed by atoms with Crippen molar-refractivity contribution in [3.63, 3.8) is 0 Å². The molecule has 0 spiro atoms. The molecule has 0 aromatic heterocycles. The topological polar surface area (TPSA) is 81.1 Å². The average molecular weight is 408 g/mol. The second-order valence-electron chi connectivity index (χ2n) is 6.30. The third-order valence-electron chi connectivity index (χ3n) is 4.28. The fourth-order valence-electron chi connectivity index (χ4n) is 2.99. The van der Waals surface area contributed by atoms with Crippen molar-refractivity contribution in [3.8, 4) is 11.5 Å². The number of hydrogen-bond acceptors (Lipinski definition) is 4. The van der Waals surface area contributed by atoms with Gasteiger partial charge in [-0.3, -0.25) is 10.1 Å². The Morgan fingerprint density at radius 1 is 1.10 bits per heavy atom. The Labute approximate surface area is 167 Å². The summed E-state index contributed by atoms with van der Waals surface area (Å²) in [7, 11) is 4.58. The van der Waals surface area contributed by atoms with Crippen molar-refractivity contribution in [1.29, 1.82) is 0 Å². The highest BCUT2D eigenvalue weighted by Gasteiger charge is 2.30. The van der Waals surface area contributed by atoms with E-state index in [1.54, 1.807) is 31.3 Å². The Morgan fingerprint density at radius 2 is 1.79 bits per heavy atom. The van der Waals surface area contributed by atoms with Crippen molar-refractivity contribution in [3.05, 3.63) is 59.7 Å². The van der Waals surface area contributed by atoms with Gasteiger partial charge in [0.2, 0.25) is 0 Å². The first-order valence-corrected chi connectivity index (χ1v) is 8.87. The Kier molecular flexibility index (Phi) is 7.90. The maximum absolute atomic E-state index is 12.7. The summed E-state index contributed by atoms with van der Waals surface area (Å²) in [4.78, 5) is 25.1. The molecule has 3 N–H and O–H groups in total. The molecule has 2 atom stereocenters. The van der Waals surface area contributed by atoms with Crippen LogP contribution in [0.25, 0.3) is 0 Å². The molecule has 0 saturated carbocycles. The molecule has 7 nitrogen and oxygen atoms in total. The number of urea groups is 1. The normalized spacial score (nSPS) is 12.8. The molecule has 0 radical (unpaired) electrons. The Bertz CT molecular complexity index is 834. The third kappa shape index (κ3) is 6.15. The number of rotatable bonds is 8. The van der Waals surface area contributed by atoms with Gasteiger partial charge in [0.25, 0.3) is 5.91 Å². The van der Waals surface area contributed by atoms with Gasteiger partial charge in [-0.25, -0.2) is 4.79 Å². The number of ether oxygens (including phenoxy) is 2. The van der Waals surface area contributed by atoms with Gasteiger partial charge in [0, 0.05) is 18.2 Å². The zero-order chi connectivity index (χ0) is 21.4. The number of imide groups is 1. The van der Waals surface area contributed by atoms with Gasteiger partial charge in [0.1, 0.15) is 6.54 Å². The van der Waals surface area contributed by atoms with E-state index in [0.717, 1.165) is 16.0 Å². The number of likely N-dealkylation sites (N-methyl/N-ethyl adjacent to an activating group) is 1. The SMILES string of the molecule is CNC(=O)NC(=O)[C@@H](c1ccccc1)[NH+](C)Cc1ccc(OC(F)F)c(OC)c1. The summed E-state index contributed by atoms with van der Waals surface area (Å²) in [5.74, 6) is -0.361. The van der Waals surface area contributed by atoms with Crippen LogP contribution in [0.15, 0.2) is 48.5 Å². The third-order valence-corrected chi connectivity index (χ3v) is 4.28. The van der Waals surface area contributed by atoms with Crippen LogP contribution < -0.4 is 25.0 Å². The summed E-state index contributed by atoms with van der Waals surface area (Å²) in [5, 5.41) is 4.67. The molecular formula is C20H24F2N3O4+. The lowest BCUT2D eigenvalue weighted by Crippen LogP contribution is -3.09. The second kappa shape index (κ2) is 10.4. The fraction of sp³-hybridized carbons (Fsp3) is 0.300. The minimum Gasteiger partial charge on any atom is -0.493 e. The molecular weight excluding hydrogens is 384 g/mol. The molecule has 0 bridgehead atoms. The summed E-state index contributed by atoms with van der Waals surface area (Å²) in [6.45, 7) is -2.59. The van der Waals surface area contributed by atoms with Gasteiger partial charge < -0.3 is 19.7 Å². The van der Waals surface area contributed by atoms with E-state index in [4.69, 9.17) is 4.74 Å². The Morgan fingerprint density at radius 3 is 2.38 bits per heavy atom. The van der Waals surface area contributed by atoms with Crippen LogP contribution in [0.4, 0.5) is 13.6 Å². The highest BCUT2D eigenvalue weighted by atomic mass is 19.3. The summed E-state index contributed by atoms with van der Waals surface area (Å²) < 4.78 is 34.6. The first-order valence-electron chi connectivity index (χ1n) is 8.87. The second-order valence-corrected chi connectivity index (χ2v) is 6.30. The smallest absolute Gasteiger partial charge is 0.387 e. The lowest BCUT2D eigenvalue weighted by Gasteiger charge is -2.24. The van der Waals surface area contributed by atoms with Crippen molar-refractivity contribution in [1.82, 2.24) is 10.6 Å². The molecule has 29 heavy (non-hydrogen) atoms. The minimum absolute atomic E-state index is 0.0686. The lowest BCUT2D eigenvalue weighted by molar-refractivity contribution is -0.916. The quantitative estimate of drug-likeness (QED) is 0.619. The highest BCUT2D eigenvalue weighted by molar-refractivity contribution is 5.96. The predicted molar refractivity (Wildman–Crippen MR) is 102 cm³/mol. The summed E-state index contributed by atoms with van der Waals surface area (Å²) in [6.07, 6.45) is 0. The van der Waals surface area contributed by atoms with Crippen LogP contribution in [0.5, 0.6) is 11.5 Å². The molecule has 3 amide bonds. The van der Waals surface area contributed by atoms with E-state index >= 15 is 0 Å². The first kappa shape index (κ1) is 22.1. The molecule has 2 aromatic rings. The number of carbonyl (C=O) groups excluding carboxylic acids is 2. The number of hydrogen-bond donors (Lipinski definition) is 3. The van der Waals surface area contributed by atoms with Gasteiger partial charge in [-0.2, -0.15) is 8.78 Å². The van der Waals surface area contributed by atoms with Crippen molar-refractivity contribution < 1.29 is 32.7 Å². The number of methoxy groups -OCH3 is 1. The molecule has 1 unspecified atom stereocenters. The summed E-state index contributed by atoms with van der Waals surface area (Å²) in [5.41, 5.74) is 1.48. The Balaban J connectivity index is 2.26. The molecule has 156 valence electrons. The first-order chi connectivity index (χ1) is 13.8. The van der Waals surface area contributed by atoms with Crippen molar-refractivity contribution in [2.75, 3.05) is 21.2 Å². The summed E-state index contributed by atoms with van der Waals surface area (Å²) in [6, 6.07) is 12.4. The molecule has 0 aliphatic heterocycles. The van der Waals surface area contributed by atoms with Crippen molar-refractivity contribution in [2.45, 2.75) is 19.2 Å². The van der Waals surface area contributed by atoms with Gasteiger partial charge in [-0.1, -0.05) is 30.3 Å². The van der Waals surface area contributed by atoms with E-state index in [1.807, 2.05) is 18.2 Å². The number of carbonyl (C=O) groups is 2. The number of alkyl halides is 2. The molecule has 2 rings (SSSR count). The molecule has 0 saturated heterocycles. The standard InChI is InChI=1S/C20H23F2N3O4/c1-23-20(27)24-18(26)17(14-7-5-4-6-8-14)25(2)12-13-9-10-15(29-19(21)22)16(11-13)28-3/h4-11,17,19H,12H2,1-3H3,(H2,23,24,26,27)/p+1/t17-/m1/s1. The van der Waals surface area contributed by atoms with Crippen molar-refractivity contribution >= 4 is 11.9 Å².